The summed E-state index contributed by atoms with van der Waals surface area (Å²) in [6, 6.07) is 9.82. The monoisotopic (exact) mass is 259 g/mol. The number of hydrogen-bond donors (Lipinski definition) is 1. The highest BCUT2D eigenvalue weighted by atomic mass is 16.5. The van der Waals surface area contributed by atoms with Crippen LogP contribution in [0.3, 0.4) is 0 Å². The van der Waals surface area contributed by atoms with E-state index in [1.165, 1.54) is 0 Å². The highest BCUT2D eigenvalue weighted by molar-refractivity contribution is 5.34. The molecule has 0 amide bonds. The lowest BCUT2D eigenvalue weighted by Crippen LogP contribution is -2.37. The van der Waals surface area contributed by atoms with Crippen molar-refractivity contribution in [2.24, 2.45) is 0 Å². The number of rotatable bonds is 4. The van der Waals surface area contributed by atoms with E-state index in [1.54, 1.807) is 0 Å². The van der Waals surface area contributed by atoms with Crippen molar-refractivity contribution in [1.82, 2.24) is 0 Å². The Kier molecular flexibility index (Phi) is 4.44. The number of aliphatic hydroxyl groups is 1. The average Bonchev–Trinajstić information content (AvgIpc) is 2.42. The molecule has 0 aromatic heterocycles. The fourth-order valence-electron chi connectivity index (χ4n) is 2.88. The molecule has 1 aliphatic carbocycles. The van der Waals surface area contributed by atoms with Crippen molar-refractivity contribution in [3.05, 3.63) is 29.8 Å². The molecule has 3 heteroatoms. The third kappa shape index (κ3) is 3.08. The van der Waals surface area contributed by atoms with Gasteiger partial charge in [-0.2, -0.15) is 5.26 Å². The molecule has 1 atom stereocenters. The van der Waals surface area contributed by atoms with Gasteiger partial charge in [0.05, 0.1) is 24.2 Å². The van der Waals surface area contributed by atoms with Gasteiger partial charge in [0.15, 0.2) is 0 Å². The van der Waals surface area contributed by atoms with Crippen LogP contribution in [0.1, 0.15) is 50.5 Å². The molecule has 0 saturated heterocycles. The maximum atomic E-state index is 10.7. The first kappa shape index (κ1) is 13.9. The fourth-order valence-corrected chi connectivity index (χ4v) is 2.88. The van der Waals surface area contributed by atoms with Crippen LogP contribution in [0.25, 0.3) is 0 Å². The van der Waals surface area contributed by atoms with Crippen LogP contribution in [0.4, 0.5) is 0 Å². The molecule has 1 fully saturated rings. The Hall–Kier alpha value is -1.53. The molecule has 19 heavy (non-hydrogen) atoms. The van der Waals surface area contributed by atoms with Crippen LogP contribution in [0.5, 0.6) is 5.75 Å². The van der Waals surface area contributed by atoms with E-state index in [4.69, 9.17) is 4.74 Å². The van der Waals surface area contributed by atoms with Gasteiger partial charge in [0.25, 0.3) is 0 Å². The van der Waals surface area contributed by atoms with Crippen LogP contribution < -0.4 is 4.74 Å². The van der Waals surface area contributed by atoms with Crippen LogP contribution >= 0.6 is 0 Å². The summed E-state index contributed by atoms with van der Waals surface area (Å²) in [6.07, 6.45) is 4.61. The van der Waals surface area contributed by atoms with Crippen LogP contribution in [-0.2, 0) is 0 Å². The third-order valence-corrected chi connectivity index (χ3v) is 3.91. The molecule has 0 radical (unpaired) electrons. The van der Waals surface area contributed by atoms with Crippen molar-refractivity contribution in [3.63, 3.8) is 0 Å². The van der Waals surface area contributed by atoms with Gasteiger partial charge < -0.3 is 9.84 Å². The second-order valence-corrected chi connectivity index (χ2v) is 5.23. The van der Waals surface area contributed by atoms with Crippen LogP contribution in [0.2, 0.25) is 0 Å². The average molecular weight is 259 g/mol. The predicted octanol–water partition coefficient (Wildman–Crippen LogP) is 3.39. The van der Waals surface area contributed by atoms with Gasteiger partial charge in [-0.1, -0.05) is 31.4 Å². The number of hydrogen-bond acceptors (Lipinski definition) is 3. The number of ether oxygens (including phenoxy) is 1. The standard InChI is InChI=1S/C16H21NO2/c1-2-19-14-8-6-13(7-9-14)15(12-17)16(18)10-4-3-5-11-16/h6-9,15,18H,2-5,10-11H2,1H3. The fraction of sp³-hybridized carbons (Fsp3) is 0.562. The Bertz CT molecular complexity index is 441. The smallest absolute Gasteiger partial charge is 0.119 e. The minimum absolute atomic E-state index is 0.441. The topological polar surface area (TPSA) is 53.2 Å². The molecular formula is C16H21NO2. The zero-order valence-corrected chi connectivity index (χ0v) is 11.4. The summed E-state index contributed by atoms with van der Waals surface area (Å²) in [5.41, 5.74) is 0.0236. The molecule has 1 N–H and O–H groups in total. The molecule has 0 spiro atoms. The maximum Gasteiger partial charge on any atom is 0.119 e. The first-order chi connectivity index (χ1) is 9.19. The van der Waals surface area contributed by atoms with Crippen molar-refractivity contribution in [2.45, 2.75) is 50.5 Å². The largest absolute Gasteiger partial charge is 0.494 e. The molecule has 0 heterocycles. The van der Waals surface area contributed by atoms with Gasteiger partial charge in [0, 0.05) is 0 Å². The van der Waals surface area contributed by atoms with Gasteiger partial charge in [0.1, 0.15) is 5.75 Å². The van der Waals surface area contributed by atoms with E-state index in [1.807, 2.05) is 31.2 Å². The summed E-state index contributed by atoms with van der Waals surface area (Å²) >= 11 is 0. The molecule has 0 aliphatic heterocycles. The van der Waals surface area contributed by atoms with Gasteiger partial charge >= 0.3 is 0 Å². The van der Waals surface area contributed by atoms with E-state index in [9.17, 15) is 10.4 Å². The second-order valence-electron chi connectivity index (χ2n) is 5.23. The molecule has 3 nitrogen and oxygen atoms in total. The zero-order chi connectivity index (χ0) is 13.7. The van der Waals surface area contributed by atoms with Gasteiger partial charge in [0.2, 0.25) is 0 Å². The minimum atomic E-state index is -0.861. The summed E-state index contributed by atoms with van der Waals surface area (Å²) in [7, 11) is 0. The Morgan fingerprint density at radius 3 is 2.42 bits per heavy atom. The van der Waals surface area contributed by atoms with E-state index in [0.717, 1.165) is 43.4 Å². The molecule has 2 rings (SSSR count). The number of benzene rings is 1. The Morgan fingerprint density at radius 1 is 1.26 bits per heavy atom. The molecular weight excluding hydrogens is 238 g/mol. The van der Waals surface area contributed by atoms with Crippen LogP contribution in [-0.4, -0.2) is 17.3 Å². The lowest BCUT2D eigenvalue weighted by atomic mass is 9.73. The van der Waals surface area contributed by atoms with Crippen molar-refractivity contribution < 1.29 is 9.84 Å². The van der Waals surface area contributed by atoms with Crippen molar-refractivity contribution >= 4 is 0 Å². The van der Waals surface area contributed by atoms with Crippen molar-refractivity contribution in [1.29, 1.82) is 5.26 Å². The first-order valence-corrected chi connectivity index (χ1v) is 7.04. The molecule has 1 saturated carbocycles. The summed E-state index contributed by atoms with van der Waals surface area (Å²) in [4.78, 5) is 0. The highest BCUT2D eigenvalue weighted by Gasteiger charge is 2.38. The third-order valence-electron chi connectivity index (χ3n) is 3.91. The first-order valence-electron chi connectivity index (χ1n) is 7.04. The molecule has 1 aliphatic rings. The van der Waals surface area contributed by atoms with Crippen molar-refractivity contribution in [3.8, 4) is 11.8 Å². The summed E-state index contributed by atoms with van der Waals surface area (Å²) in [5, 5.41) is 20.1. The van der Waals surface area contributed by atoms with Gasteiger partial charge in [-0.25, -0.2) is 0 Å². The Labute approximate surface area is 114 Å². The molecule has 0 bridgehead atoms. The van der Waals surface area contributed by atoms with E-state index in [0.29, 0.717) is 6.61 Å². The quantitative estimate of drug-likeness (QED) is 0.901. The summed E-state index contributed by atoms with van der Waals surface area (Å²) in [5.74, 6) is 0.363. The van der Waals surface area contributed by atoms with E-state index < -0.39 is 11.5 Å². The maximum absolute atomic E-state index is 10.7. The summed E-state index contributed by atoms with van der Waals surface area (Å²) in [6.45, 7) is 2.57. The minimum Gasteiger partial charge on any atom is -0.494 e. The van der Waals surface area contributed by atoms with Gasteiger partial charge in [-0.05, 0) is 37.5 Å². The Balaban J connectivity index is 2.19. The SMILES string of the molecule is CCOc1ccc(C(C#N)C2(O)CCCCC2)cc1. The van der Waals surface area contributed by atoms with E-state index in [2.05, 4.69) is 6.07 Å². The van der Waals surface area contributed by atoms with Crippen LogP contribution in [0, 0.1) is 11.3 Å². The number of nitriles is 1. The predicted molar refractivity (Wildman–Crippen MR) is 74.0 cm³/mol. The lowest BCUT2D eigenvalue weighted by molar-refractivity contribution is -0.00715. The van der Waals surface area contributed by atoms with Crippen LogP contribution in [0.15, 0.2) is 24.3 Å². The second kappa shape index (κ2) is 6.08. The number of nitrogens with zero attached hydrogens (tertiary/aromatic N) is 1. The highest BCUT2D eigenvalue weighted by Crippen LogP contribution is 2.39. The van der Waals surface area contributed by atoms with Crippen molar-refractivity contribution in [2.75, 3.05) is 6.61 Å². The Morgan fingerprint density at radius 2 is 1.89 bits per heavy atom. The lowest BCUT2D eigenvalue weighted by Gasteiger charge is -2.36. The van der Waals surface area contributed by atoms with Gasteiger partial charge in [-0.15, -0.1) is 0 Å². The molecule has 1 aromatic rings. The molecule has 1 unspecified atom stereocenters. The van der Waals surface area contributed by atoms with Gasteiger partial charge in [-0.3, -0.25) is 0 Å². The molecule has 1 aromatic carbocycles. The summed E-state index contributed by atoms with van der Waals surface area (Å²) < 4.78 is 5.40. The molecule has 102 valence electrons. The normalized spacial score (nSPS) is 19.4. The van der Waals surface area contributed by atoms with E-state index >= 15 is 0 Å². The van der Waals surface area contributed by atoms with E-state index in [-0.39, 0.29) is 0 Å². The zero-order valence-electron chi connectivity index (χ0n) is 11.4.